The minimum atomic E-state index is 0.555. The number of benzene rings is 1. The van der Waals surface area contributed by atoms with Gasteiger partial charge >= 0.3 is 0 Å². The zero-order valence-corrected chi connectivity index (χ0v) is 11.6. The summed E-state index contributed by atoms with van der Waals surface area (Å²) in [6.45, 7) is 5.14. The van der Waals surface area contributed by atoms with Crippen molar-refractivity contribution in [3.8, 4) is 6.07 Å². The van der Waals surface area contributed by atoms with Gasteiger partial charge in [0.15, 0.2) is 0 Å². The molecule has 0 spiro atoms. The molecule has 0 radical (unpaired) electrons. The summed E-state index contributed by atoms with van der Waals surface area (Å²) in [7, 11) is 1.68. The lowest BCUT2D eigenvalue weighted by molar-refractivity contribution is 0.0335. The van der Waals surface area contributed by atoms with Crippen LogP contribution in [-0.4, -0.2) is 33.5 Å². The van der Waals surface area contributed by atoms with Gasteiger partial charge in [0.2, 0.25) is 0 Å². The third-order valence-corrected chi connectivity index (χ3v) is 2.74. The van der Waals surface area contributed by atoms with E-state index in [1.807, 2.05) is 25.1 Å². The second kappa shape index (κ2) is 9.51. The van der Waals surface area contributed by atoms with E-state index in [9.17, 15) is 0 Å². The SMILES string of the molecule is COCCCOCCOCc1ccc(C#N)cc1C. The lowest BCUT2D eigenvalue weighted by Crippen LogP contribution is -2.07. The molecule has 0 aromatic heterocycles. The number of aryl methyl sites for hydroxylation is 1. The number of hydrogen-bond acceptors (Lipinski definition) is 4. The molecule has 1 aromatic carbocycles. The highest BCUT2D eigenvalue weighted by Gasteiger charge is 2.00. The van der Waals surface area contributed by atoms with Gasteiger partial charge in [-0.05, 0) is 36.6 Å². The molecule has 19 heavy (non-hydrogen) atoms. The highest BCUT2D eigenvalue weighted by molar-refractivity contribution is 5.37. The van der Waals surface area contributed by atoms with Gasteiger partial charge in [-0.1, -0.05) is 6.07 Å². The topological polar surface area (TPSA) is 51.5 Å². The standard InChI is InChI=1S/C15H21NO3/c1-13-10-14(11-16)4-5-15(13)12-19-9-8-18-7-3-6-17-2/h4-5,10H,3,6-9,12H2,1-2H3. The molecular weight excluding hydrogens is 242 g/mol. The first-order valence-electron chi connectivity index (χ1n) is 6.42. The fraction of sp³-hybridized carbons (Fsp3) is 0.533. The fourth-order valence-electron chi connectivity index (χ4n) is 1.63. The Kier molecular flexibility index (Phi) is 7.83. The van der Waals surface area contributed by atoms with Crippen molar-refractivity contribution < 1.29 is 14.2 Å². The van der Waals surface area contributed by atoms with E-state index in [1.165, 1.54) is 0 Å². The third kappa shape index (κ3) is 6.35. The van der Waals surface area contributed by atoms with Crippen LogP contribution in [0.5, 0.6) is 0 Å². The highest BCUT2D eigenvalue weighted by atomic mass is 16.5. The van der Waals surface area contributed by atoms with Crippen LogP contribution < -0.4 is 0 Å². The monoisotopic (exact) mass is 263 g/mol. The lowest BCUT2D eigenvalue weighted by Gasteiger charge is -2.08. The third-order valence-electron chi connectivity index (χ3n) is 2.74. The first-order chi connectivity index (χ1) is 9.27. The van der Waals surface area contributed by atoms with Crippen LogP contribution in [0, 0.1) is 18.3 Å². The van der Waals surface area contributed by atoms with Crippen LogP contribution in [0.15, 0.2) is 18.2 Å². The van der Waals surface area contributed by atoms with E-state index in [-0.39, 0.29) is 0 Å². The van der Waals surface area contributed by atoms with Crippen molar-refractivity contribution in [3.05, 3.63) is 34.9 Å². The second-order valence-corrected chi connectivity index (χ2v) is 4.26. The Balaban J connectivity index is 2.14. The van der Waals surface area contributed by atoms with Crippen LogP contribution >= 0.6 is 0 Å². The summed E-state index contributed by atoms with van der Waals surface area (Å²) in [5, 5.41) is 8.78. The molecule has 0 amide bonds. The Morgan fingerprint density at radius 1 is 1.11 bits per heavy atom. The van der Waals surface area contributed by atoms with E-state index < -0.39 is 0 Å². The molecule has 0 aliphatic heterocycles. The minimum absolute atomic E-state index is 0.555. The van der Waals surface area contributed by atoms with Gasteiger partial charge in [0.25, 0.3) is 0 Å². The van der Waals surface area contributed by atoms with Crippen LogP contribution in [0.2, 0.25) is 0 Å². The first kappa shape index (κ1) is 15.6. The van der Waals surface area contributed by atoms with Gasteiger partial charge in [-0.2, -0.15) is 5.26 Å². The summed E-state index contributed by atoms with van der Waals surface area (Å²) in [4.78, 5) is 0. The summed E-state index contributed by atoms with van der Waals surface area (Å²) in [5.41, 5.74) is 2.88. The van der Waals surface area contributed by atoms with Gasteiger partial charge in [-0.25, -0.2) is 0 Å². The van der Waals surface area contributed by atoms with E-state index in [4.69, 9.17) is 19.5 Å². The molecule has 0 bridgehead atoms. The predicted octanol–water partition coefficient (Wildman–Crippen LogP) is 2.44. The van der Waals surface area contributed by atoms with Crippen LogP contribution in [0.1, 0.15) is 23.1 Å². The molecule has 0 heterocycles. The summed E-state index contributed by atoms with van der Waals surface area (Å²) in [6, 6.07) is 7.75. The molecule has 104 valence electrons. The predicted molar refractivity (Wildman–Crippen MR) is 72.9 cm³/mol. The van der Waals surface area contributed by atoms with Crippen molar-refractivity contribution in [1.82, 2.24) is 0 Å². The molecule has 0 N–H and O–H groups in total. The average molecular weight is 263 g/mol. The van der Waals surface area contributed by atoms with Crippen LogP contribution in [0.4, 0.5) is 0 Å². The summed E-state index contributed by atoms with van der Waals surface area (Å²) in [5.74, 6) is 0. The van der Waals surface area contributed by atoms with Gasteiger partial charge < -0.3 is 14.2 Å². The zero-order chi connectivity index (χ0) is 13.9. The van der Waals surface area contributed by atoms with Gasteiger partial charge in [0.1, 0.15) is 0 Å². The molecule has 0 aliphatic carbocycles. The molecule has 4 heteroatoms. The van der Waals surface area contributed by atoms with Crippen LogP contribution in [-0.2, 0) is 20.8 Å². The summed E-state index contributed by atoms with van der Waals surface area (Å²) < 4.78 is 15.9. The van der Waals surface area contributed by atoms with Crippen molar-refractivity contribution in [1.29, 1.82) is 5.26 Å². The number of nitrogens with zero attached hydrogens (tertiary/aromatic N) is 1. The maximum Gasteiger partial charge on any atom is 0.0991 e. The quantitative estimate of drug-likeness (QED) is 0.642. The van der Waals surface area contributed by atoms with E-state index in [1.54, 1.807) is 7.11 Å². The normalized spacial score (nSPS) is 10.4. The van der Waals surface area contributed by atoms with Gasteiger partial charge in [0, 0.05) is 20.3 Å². The molecule has 0 saturated carbocycles. The average Bonchev–Trinajstić information content (AvgIpc) is 2.43. The number of rotatable bonds is 9. The van der Waals surface area contributed by atoms with Crippen molar-refractivity contribution in [3.63, 3.8) is 0 Å². The summed E-state index contributed by atoms with van der Waals surface area (Å²) >= 11 is 0. The van der Waals surface area contributed by atoms with E-state index in [0.29, 0.717) is 32.0 Å². The van der Waals surface area contributed by atoms with Crippen molar-refractivity contribution >= 4 is 0 Å². The number of methoxy groups -OCH3 is 1. The Morgan fingerprint density at radius 3 is 2.58 bits per heavy atom. The lowest BCUT2D eigenvalue weighted by atomic mass is 10.1. The van der Waals surface area contributed by atoms with Gasteiger partial charge in [-0.3, -0.25) is 0 Å². The Bertz CT molecular complexity index is 412. The molecule has 1 aromatic rings. The Hall–Kier alpha value is -1.41. The second-order valence-electron chi connectivity index (χ2n) is 4.26. The van der Waals surface area contributed by atoms with Gasteiger partial charge in [0.05, 0.1) is 31.5 Å². The molecule has 0 aliphatic rings. The molecule has 0 unspecified atom stereocenters. The fourth-order valence-corrected chi connectivity index (χ4v) is 1.63. The zero-order valence-electron chi connectivity index (χ0n) is 11.6. The highest BCUT2D eigenvalue weighted by Crippen LogP contribution is 2.11. The van der Waals surface area contributed by atoms with Gasteiger partial charge in [-0.15, -0.1) is 0 Å². The molecule has 4 nitrogen and oxygen atoms in total. The molecule has 0 saturated heterocycles. The maximum atomic E-state index is 8.78. The van der Waals surface area contributed by atoms with Crippen molar-refractivity contribution in [2.75, 3.05) is 33.5 Å². The molecular formula is C15H21NO3. The smallest absolute Gasteiger partial charge is 0.0991 e. The number of hydrogen-bond donors (Lipinski definition) is 0. The number of nitriles is 1. The summed E-state index contributed by atoms with van der Waals surface area (Å²) in [6.07, 6.45) is 0.908. The Labute approximate surface area is 114 Å². The van der Waals surface area contributed by atoms with Crippen LogP contribution in [0.3, 0.4) is 0 Å². The van der Waals surface area contributed by atoms with Crippen molar-refractivity contribution in [2.45, 2.75) is 20.0 Å². The molecule has 1 rings (SSSR count). The van der Waals surface area contributed by atoms with E-state index in [2.05, 4.69) is 6.07 Å². The Morgan fingerprint density at radius 2 is 1.89 bits per heavy atom. The largest absolute Gasteiger partial charge is 0.385 e. The van der Waals surface area contributed by atoms with E-state index in [0.717, 1.165) is 24.2 Å². The first-order valence-corrected chi connectivity index (χ1v) is 6.42. The van der Waals surface area contributed by atoms with Crippen LogP contribution in [0.25, 0.3) is 0 Å². The maximum absolute atomic E-state index is 8.78. The molecule has 0 atom stereocenters. The van der Waals surface area contributed by atoms with Crippen molar-refractivity contribution in [2.24, 2.45) is 0 Å². The minimum Gasteiger partial charge on any atom is -0.385 e. The number of ether oxygens (including phenoxy) is 3. The van der Waals surface area contributed by atoms with E-state index >= 15 is 0 Å². The molecule has 0 fully saturated rings.